The Morgan fingerprint density at radius 1 is 0.759 bits per heavy atom. The molecule has 54 heavy (non-hydrogen) atoms. The number of unbranched alkanes of at least 4 members (excludes halogenated alkanes) is 17. The molecule has 0 saturated carbocycles. The molecular weight excluding hydrogens is 769 g/mol. The van der Waals surface area contributed by atoms with Crippen molar-refractivity contribution in [3.05, 3.63) is 0 Å². The number of alkyl halides is 3. The summed E-state index contributed by atoms with van der Waals surface area (Å²) in [6.07, 6.45) is 20.1. The largest absolute Gasteiger partial charge is 0.445 e. The molecule has 6 atom stereocenters. The molecule has 13 heteroatoms. The Morgan fingerprint density at radius 2 is 1.26 bits per heavy atom. The lowest BCUT2D eigenvalue weighted by Crippen LogP contribution is -2.65. The fraction of sp³-hybridized carbons (Fsp3) is 0.976. The number of aliphatic hydroxyl groups excluding tert-OH is 2. The van der Waals surface area contributed by atoms with Gasteiger partial charge in [-0.1, -0.05) is 185 Å². The van der Waals surface area contributed by atoms with Gasteiger partial charge in [0.2, 0.25) is 3.79 Å². The second kappa shape index (κ2) is 29.3. The van der Waals surface area contributed by atoms with Crippen LogP contribution >= 0.6 is 34.8 Å². The van der Waals surface area contributed by atoms with Gasteiger partial charge in [-0.2, -0.15) is 0 Å². The average Bonchev–Trinajstić information content (AvgIpc) is 3.09. The Bertz CT molecular complexity index is 939. The lowest BCUT2D eigenvalue weighted by Gasteiger charge is -2.44. The molecule has 0 unspecified atom stereocenters. The summed E-state index contributed by atoms with van der Waals surface area (Å²) in [6, 6.07) is -1.14. The number of carbonyl (C=O) groups is 1. The first-order chi connectivity index (χ1) is 25.5. The summed E-state index contributed by atoms with van der Waals surface area (Å²) >= 11 is 17.3. The standard InChI is InChI=1S/C41H80Cl3NO8Si/c1-8-10-12-14-16-18-20-22-24-26-29-49-33(27-25-23-21-19-17-15-13-11-9-2)28-30-50-37-35(45-39(48)51-32-41(42,43)44)38(47)53-34(36(37)46)31-52-54(6,7)40(3,4)5/h33-38,46-47H,8-32H2,1-7H3,(H,45,48)/t33-,34-,35-,36-,37-,38+/m1/s1. The van der Waals surface area contributed by atoms with E-state index in [1.807, 2.05) is 0 Å². The van der Waals surface area contributed by atoms with Crippen molar-refractivity contribution in [3.8, 4) is 0 Å². The van der Waals surface area contributed by atoms with Crippen molar-refractivity contribution in [1.29, 1.82) is 0 Å². The zero-order chi connectivity index (χ0) is 40.5. The molecule has 1 aliphatic heterocycles. The van der Waals surface area contributed by atoms with E-state index < -0.39 is 55.5 Å². The van der Waals surface area contributed by atoms with Crippen molar-refractivity contribution < 1.29 is 38.4 Å². The van der Waals surface area contributed by atoms with Gasteiger partial charge in [-0.3, -0.25) is 0 Å². The summed E-state index contributed by atoms with van der Waals surface area (Å²) in [7, 11) is -2.19. The fourth-order valence-corrected chi connectivity index (χ4v) is 7.60. The van der Waals surface area contributed by atoms with Gasteiger partial charge in [0, 0.05) is 13.2 Å². The van der Waals surface area contributed by atoms with E-state index in [2.05, 4.69) is 53.0 Å². The molecule has 0 radical (unpaired) electrons. The van der Waals surface area contributed by atoms with Gasteiger partial charge in [-0.25, -0.2) is 4.79 Å². The van der Waals surface area contributed by atoms with E-state index in [4.69, 9.17) is 58.2 Å². The molecule has 0 aromatic carbocycles. The van der Waals surface area contributed by atoms with E-state index in [1.165, 1.54) is 109 Å². The van der Waals surface area contributed by atoms with E-state index >= 15 is 0 Å². The van der Waals surface area contributed by atoms with E-state index in [-0.39, 0.29) is 24.4 Å². The van der Waals surface area contributed by atoms with Crippen molar-refractivity contribution >= 4 is 49.2 Å². The number of nitrogens with one attached hydrogen (secondary N) is 1. The van der Waals surface area contributed by atoms with E-state index in [0.29, 0.717) is 13.0 Å². The molecule has 322 valence electrons. The number of hydrogen-bond acceptors (Lipinski definition) is 8. The molecule has 0 bridgehead atoms. The molecule has 9 nitrogen and oxygen atoms in total. The highest BCUT2D eigenvalue weighted by Crippen LogP contribution is 2.37. The molecule has 1 amide bonds. The molecular formula is C41H80Cl3NO8Si. The predicted octanol–water partition coefficient (Wildman–Crippen LogP) is 11.6. The van der Waals surface area contributed by atoms with Crippen LogP contribution in [0.15, 0.2) is 0 Å². The number of ether oxygens (including phenoxy) is 4. The van der Waals surface area contributed by atoms with Gasteiger partial charge in [-0.05, 0) is 37.4 Å². The first-order valence-electron chi connectivity index (χ1n) is 21.4. The third-order valence-electron chi connectivity index (χ3n) is 11.0. The van der Waals surface area contributed by atoms with Crippen LogP contribution in [0.5, 0.6) is 0 Å². The number of rotatable bonds is 31. The summed E-state index contributed by atoms with van der Waals surface area (Å²) in [5, 5.41) is 25.1. The maximum atomic E-state index is 12.7. The van der Waals surface area contributed by atoms with Crippen LogP contribution in [0.1, 0.15) is 169 Å². The monoisotopic (exact) mass is 847 g/mol. The van der Waals surface area contributed by atoms with Gasteiger partial charge in [0.25, 0.3) is 0 Å². The quantitative estimate of drug-likeness (QED) is 0.0359. The summed E-state index contributed by atoms with van der Waals surface area (Å²) in [6.45, 7) is 15.7. The predicted molar refractivity (Wildman–Crippen MR) is 226 cm³/mol. The molecule has 0 aromatic heterocycles. The maximum absolute atomic E-state index is 12.7. The number of alkyl carbamates (subject to hydrolysis) is 1. The summed E-state index contributed by atoms with van der Waals surface area (Å²) < 4.78 is 28.2. The van der Waals surface area contributed by atoms with Crippen LogP contribution in [-0.2, 0) is 23.4 Å². The van der Waals surface area contributed by atoms with Crippen LogP contribution in [0.3, 0.4) is 0 Å². The lowest BCUT2D eigenvalue weighted by atomic mass is 9.96. The first-order valence-corrected chi connectivity index (χ1v) is 25.4. The Kier molecular flexibility index (Phi) is 28.3. The second-order valence-corrected chi connectivity index (χ2v) is 24.2. The van der Waals surface area contributed by atoms with Crippen LogP contribution in [0.4, 0.5) is 4.79 Å². The molecule has 1 aliphatic rings. The molecule has 0 aliphatic carbocycles. The highest BCUT2D eigenvalue weighted by molar-refractivity contribution is 6.74. The summed E-state index contributed by atoms with van der Waals surface area (Å²) in [4.78, 5) is 12.7. The number of hydrogen-bond donors (Lipinski definition) is 3. The minimum Gasteiger partial charge on any atom is -0.445 e. The van der Waals surface area contributed by atoms with E-state index in [9.17, 15) is 15.0 Å². The van der Waals surface area contributed by atoms with E-state index in [1.54, 1.807) is 0 Å². The fourth-order valence-electron chi connectivity index (χ4n) is 6.42. The topological polar surface area (TPSA) is 116 Å². The molecule has 1 fully saturated rings. The SMILES string of the molecule is CCCCCCCCCCCCO[C@H](CCCCCCCCCCC)CCO[C@H]1[C@H](O)[C@@H](CO[Si](C)(C)C(C)(C)C)O[C@H](O)[C@@H]1NC(=O)OCC(Cl)(Cl)Cl. The summed E-state index contributed by atoms with van der Waals surface area (Å²) in [5.74, 6) is 0. The van der Waals surface area contributed by atoms with Crippen molar-refractivity contribution in [3.63, 3.8) is 0 Å². The van der Waals surface area contributed by atoms with Crippen LogP contribution in [0.25, 0.3) is 0 Å². The second-order valence-electron chi connectivity index (χ2n) is 16.9. The number of halogens is 3. The maximum Gasteiger partial charge on any atom is 0.407 e. The zero-order valence-corrected chi connectivity index (χ0v) is 38.4. The Labute approximate surface area is 346 Å². The first kappa shape index (κ1) is 52.1. The average molecular weight is 850 g/mol. The molecule has 1 rings (SSSR count). The van der Waals surface area contributed by atoms with Crippen LogP contribution in [-0.4, -0.2) is 91.6 Å². The Hall–Kier alpha value is 0.117. The van der Waals surface area contributed by atoms with Crippen LogP contribution < -0.4 is 5.32 Å². The molecule has 1 saturated heterocycles. The highest BCUT2D eigenvalue weighted by Gasteiger charge is 2.48. The Balaban J connectivity index is 2.85. The van der Waals surface area contributed by atoms with Crippen LogP contribution in [0.2, 0.25) is 18.1 Å². The molecule has 0 aromatic rings. The van der Waals surface area contributed by atoms with Gasteiger partial charge >= 0.3 is 6.09 Å². The third kappa shape index (κ3) is 24.1. The van der Waals surface area contributed by atoms with E-state index in [0.717, 1.165) is 19.3 Å². The van der Waals surface area contributed by atoms with Gasteiger partial charge in [0.1, 0.15) is 31.0 Å². The van der Waals surface area contributed by atoms with Crippen molar-refractivity contribution in [1.82, 2.24) is 5.32 Å². The van der Waals surface area contributed by atoms with Gasteiger partial charge in [-0.15, -0.1) is 0 Å². The number of aliphatic hydroxyl groups is 2. The highest BCUT2D eigenvalue weighted by atomic mass is 35.6. The number of carbonyl (C=O) groups excluding carboxylic acids is 1. The normalized spacial score (nSPS) is 21.7. The Morgan fingerprint density at radius 3 is 1.76 bits per heavy atom. The third-order valence-corrected chi connectivity index (χ3v) is 15.8. The van der Waals surface area contributed by atoms with Crippen molar-refractivity contribution in [2.45, 2.75) is 228 Å². The van der Waals surface area contributed by atoms with Gasteiger partial charge in [0.05, 0.1) is 12.7 Å². The minimum absolute atomic E-state index is 0.00778. The van der Waals surface area contributed by atoms with Crippen molar-refractivity contribution in [2.24, 2.45) is 0 Å². The minimum atomic E-state index is -2.19. The van der Waals surface area contributed by atoms with Crippen molar-refractivity contribution in [2.75, 3.05) is 26.4 Å². The lowest BCUT2D eigenvalue weighted by molar-refractivity contribution is -0.261. The molecule has 3 N–H and O–H groups in total. The smallest absolute Gasteiger partial charge is 0.407 e. The van der Waals surface area contributed by atoms with Gasteiger partial charge < -0.3 is 38.9 Å². The summed E-state index contributed by atoms with van der Waals surface area (Å²) in [5.41, 5.74) is 0. The van der Waals surface area contributed by atoms with Crippen LogP contribution in [0, 0.1) is 0 Å². The van der Waals surface area contributed by atoms with Gasteiger partial charge in [0.15, 0.2) is 14.6 Å². The molecule has 0 spiro atoms. The number of amides is 1. The zero-order valence-electron chi connectivity index (χ0n) is 35.1. The molecule has 1 heterocycles.